The van der Waals surface area contributed by atoms with Gasteiger partial charge in [0, 0.05) is 11.1 Å². The Morgan fingerprint density at radius 2 is 0.676 bits per heavy atom. The lowest BCUT2D eigenvalue weighted by Crippen LogP contribution is -1.73. The second-order valence-corrected chi connectivity index (χ2v) is 7.95. The molecule has 37 heavy (non-hydrogen) atoms. The van der Waals surface area contributed by atoms with Crippen LogP contribution in [0.1, 0.15) is 57.4 Å². The van der Waals surface area contributed by atoms with E-state index < -0.39 is 0 Å². The molecule has 0 amide bonds. The number of carbonyl (C=O) groups is 2. The minimum Gasteiger partial charge on any atom is -0.300 e. The van der Waals surface area contributed by atoms with Gasteiger partial charge < -0.3 is 9.59 Å². The second kappa shape index (κ2) is 20.9. The van der Waals surface area contributed by atoms with E-state index in [4.69, 9.17) is 0 Å². The number of Topliss-reactive ketones (excluding diaryl/α,β-unsaturated/α-hetero) is 2. The molecule has 4 aromatic carbocycles. The number of carbonyl (C=O) groups excluding carboxylic acids is 2. The third-order valence-corrected chi connectivity index (χ3v) is 3.97. The zero-order valence-corrected chi connectivity index (χ0v) is 21.5. The highest BCUT2D eigenvalue weighted by Gasteiger charge is 1.85. The van der Waals surface area contributed by atoms with Crippen LogP contribution in [0.4, 0.5) is 0 Å². The summed E-state index contributed by atoms with van der Waals surface area (Å²) in [5.41, 5.74) is 4.57. The topological polar surface area (TPSA) is 34.1 Å². The van der Waals surface area contributed by atoms with Crippen LogP contribution in [-0.4, -0.2) is 11.6 Å². The van der Waals surface area contributed by atoms with Gasteiger partial charge in [0.25, 0.3) is 0 Å². The fraction of sp³-hybridized carbons (Fsp3) is 0.143. The molecule has 0 unspecified atom stereocenters. The molecule has 0 aliphatic rings. The van der Waals surface area contributed by atoms with E-state index in [0.29, 0.717) is 0 Å². The quantitative estimate of drug-likeness (QED) is 0.208. The predicted octanol–water partition coefficient (Wildman–Crippen LogP) is 8.77. The normalized spacial score (nSPS) is 8.76. The first-order valence-corrected chi connectivity index (χ1v) is 11.7. The SMILES string of the molecule is C.C(#Cc1ccccc1)c1ccccc1.C(=Cc1ccccc1)c1ccccc1.CC(C)=O.CC(C)=O. The molecular formula is C35H38O2. The second-order valence-electron chi connectivity index (χ2n) is 7.95. The number of hydrogen-bond acceptors (Lipinski definition) is 2. The lowest BCUT2D eigenvalue weighted by atomic mass is 10.1. The molecular weight excluding hydrogens is 452 g/mol. The van der Waals surface area contributed by atoms with Crippen LogP contribution >= 0.6 is 0 Å². The minimum atomic E-state index is 0. The first-order chi connectivity index (χ1) is 17.4. The molecule has 4 rings (SSSR count). The van der Waals surface area contributed by atoms with Gasteiger partial charge in [-0.25, -0.2) is 0 Å². The average molecular weight is 491 g/mol. The molecule has 0 N–H and O–H groups in total. The van der Waals surface area contributed by atoms with Crippen molar-refractivity contribution in [2.75, 3.05) is 0 Å². The van der Waals surface area contributed by atoms with E-state index in [1.165, 1.54) is 38.8 Å². The van der Waals surface area contributed by atoms with Gasteiger partial charge >= 0.3 is 0 Å². The third kappa shape index (κ3) is 19.5. The van der Waals surface area contributed by atoms with Gasteiger partial charge in [-0.3, -0.25) is 0 Å². The van der Waals surface area contributed by atoms with E-state index in [9.17, 15) is 9.59 Å². The monoisotopic (exact) mass is 490 g/mol. The number of hydrogen-bond donors (Lipinski definition) is 0. The van der Waals surface area contributed by atoms with Gasteiger partial charge in [0.2, 0.25) is 0 Å². The van der Waals surface area contributed by atoms with Crippen molar-refractivity contribution in [2.45, 2.75) is 35.1 Å². The van der Waals surface area contributed by atoms with Gasteiger partial charge in [-0.05, 0) is 63.1 Å². The van der Waals surface area contributed by atoms with Gasteiger partial charge in [0.05, 0.1) is 0 Å². The summed E-state index contributed by atoms with van der Waals surface area (Å²) in [5.74, 6) is 6.56. The summed E-state index contributed by atoms with van der Waals surface area (Å²) in [4.78, 5) is 18.9. The van der Waals surface area contributed by atoms with Crippen LogP contribution in [0.5, 0.6) is 0 Å². The van der Waals surface area contributed by atoms with Crippen molar-refractivity contribution >= 4 is 23.7 Å². The Bertz CT molecular complexity index is 1110. The summed E-state index contributed by atoms with van der Waals surface area (Å²) in [7, 11) is 0. The minimum absolute atomic E-state index is 0. The van der Waals surface area contributed by atoms with Crippen LogP contribution in [-0.2, 0) is 9.59 Å². The van der Waals surface area contributed by atoms with Gasteiger partial charge in [-0.1, -0.05) is 128 Å². The lowest BCUT2D eigenvalue weighted by molar-refractivity contribution is -0.115. The Morgan fingerprint density at radius 3 is 0.919 bits per heavy atom. The Labute approximate surface area is 223 Å². The molecule has 0 radical (unpaired) electrons. The highest BCUT2D eigenvalue weighted by molar-refractivity contribution is 5.72. The Morgan fingerprint density at radius 1 is 0.459 bits per heavy atom. The molecule has 0 aliphatic carbocycles. The molecule has 0 saturated carbocycles. The van der Waals surface area contributed by atoms with Crippen LogP contribution < -0.4 is 0 Å². The van der Waals surface area contributed by atoms with E-state index >= 15 is 0 Å². The van der Waals surface area contributed by atoms with E-state index in [1.807, 2.05) is 97.1 Å². The van der Waals surface area contributed by atoms with Crippen molar-refractivity contribution in [2.24, 2.45) is 0 Å². The zero-order chi connectivity index (χ0) is 26.4. The van der Waals surface area contributed by atoms with Crippen LogP contribution in [0.2, 0.25) is 0 Å². The number of ketones is 2. The number of rotatable bonds is 2. The first-order valence-electron chi connectivity index (χ1n) is 11.7. The van der Waals surface area contributed by atoms with Crippen molar-refractivity contribution in [1.29, 1.82) is 0 Å². The van der Waals surface area contributed by atoms with Crippen molar-refractivity contribution in [3.8, 4) is 11.8 Å². The Kier molecular flexibility index (Phi) is 18.3. The predicted molar refractivity (Wildman–Crippen MR) is 160 cm³/mol. The summed E-state index contributed by atoms with van der Waals surface area (Å²) in [5, 5.41) is 0. The molecule has 2 nitrogen and oxygen atoms in total. The molecule has 190 valence electrons. The van der Waals surface area contributed by atoms with Crippen LogP contribution in [0.15, 0.2) is 121 Å². The summed E-state index contributed by atoms with van der Waals surface area (Å²) >= 11 is 0. The Hall–Kier alpha value is -4.48. The average Bonchev–Trinajstić information content (AvgIpc) is 2.89. The maximum absolute atomic E-state index is 9.44. The van der Waals surface area contributed by atoms with Crippen molar-refractivity contribution in [1.82, 2.24) is 0 Å². The zero-order valence-electron chi connectivity index (χ0n) is 21.5. The highest BCUT2D eigenvalue weighted by atomic mass is 16.1. The molecule has 0 aromatic heterocycles. The number of benzene rings is 4. The van der Waals surface area contributed by atoms with E-state index in [2.05, 4.69) is 48.3 Å². The molecule has 0 spiro atoms. The lowest BCUT2D eigenvalue weighted by Gasteiger charge is -1.92. The van der Waals surface area contributed by atoms with Crippen LogP contribution in [0, 0.1) is 11.8 Å². The molecule has 0 saturated heterocycles. The standard InChI is InChI=1S/C14H12.C14H10.2C3H6O.CH4/c2*1-3-7-13(8-4-1)11-12-14-9-5-2-6-10-14;2*1-3(2)4;/h1-12H;1-10H;2*1-2H3;1H4. The smallest absolute Gasteiger partial charge is 0.126 e. The third-order valence-electron chi connectivity index (χ3n) is 3.97. The molecule has 0 atom stereocenters. The largest absolute Gasteiger partial charge is 0.300 e. The summed E-state index contributed by atoms with van der Waals surface area (Å²) in [6.07, 6.45) is 4.24. The van der Waals surface area contributed by atoms with Gasteiger partial charge in [-0.15, -0.1) is 0 Å². The van der Waals surface area contributed by atoms with E-state index in [1.54, 1.807) is 0 Å². The molecule has 2 heteroatoms. The van der Waals surface area contributed by atoms with Crippen molar-refractivity contribution in [3.63, 3.8) is 0 Å². The van der Waals surface area contributed by atoms with Gasteiger partial charge in [0.15, 0.2) is 0 Å². The molecule has 0 bridgehead atoms. The van der Waals surface area contributed by atoms with E-state index in [-0.39, 0.29) is 19.0 Å². The maximum Gasteiger partial charge on any atom is 0.126 e. The van der Waals surface area contributed by atoms with Gasteiger partial charge in [0.1, 0.15) is 11.6 Å². The Balaban J connectivity index is 0.000000535. The summed E-state index contributed by atoms with van der Waals surface area (Å²) < 4.78 is 0. The fourth-order valence-electron chi connectivity index (χ4n) is 2.51. The van der Waals surface area contributed by atoms with Crippen molar-refractivity contribution in [3.05, 3.63) is 144 Å². The summed E-state index contributed by atoms with van der Waals surface area (Å²) in [6.45, 7) is 6.11. The maximum atomic E-state index is 9.44. The van der Waals surface area contributed by atoms with E-state index in [0.717, 1.165) is 11.1 Å². The summed E-state index contributed by atoms with van der Waals surface area (Å²) in [6, 6.07) is 40.6. The van der Waals surface area contributed by atoms with Crippen LogP contribution in [0.3, 0.4) is 0 Å². The van der Waals surface area contributed by atoms with Crippen molar-refractivity contribution < 1.29 is 9.59 Å². The van der Waals surface area contributed by atoms with Crippen LogP contribution in [0.25, 0.3) is 12.2 Å². The van der Waals surface area contributed by atoms with Gasteiger partial charge in [-0.2, -0.15) is 0 Å². The molecule has 0 heterocycles. The fourth-order valence-corrected chi connectivity index (χ4v) is 2.51. The first kappa shape index (κ1) is 32.5. The molecule has 0 aliphatic heterocycles. The highest BCUT2D eigenvalue weighted by Crippen LogP contribution is 2.07. The molecule has 0 fully saturated rings. The molecule has 4 aromatic rings.